The van der Waals surface area contributed by atoms with Crippen LogP contribution in [0.25, 0.3) is 0 Å². The zero-order valence-electron chi connectivity index (χ0n) is 11.2. The van der Waals surface area contributed by atoms with Gasteiger partial charge in [0, 0.05) is 6.54 Å². The molecule has 0 aliphatic rings. The van der Waals surface area contributed by atoms with Crippen LogP contribution in [0.1, 0.15) is 6.42 Å². The molecule has 2 aromatic carbocycles. The van der Waals surface area contributed by atoms with Crippen molar-refractivity contribution >= 4 is 15.7 Å². The monoisotopic (exact) mass is 302 g/mol. The van der Waals surface area contributed by atoms with Gasteiger partial charge in [-0.3, -0.25) is 4.31 Å². The number of nitrogens with zero attached hydrogens (tertiary/aromatic N) is 2. The second kappa shape index (κ2) is 6.29. The van der Waals surface area contributed by atoms with Gasteiger partial charge in [0.15, 0.2) is 0 Å². The molecule has 0 aromatic heterocycles. The van der Waals surface area contributed by atoms with Crippen LogP contribution in [0.15, 0.2) is 59.5 Å². The second-order valence-corrected chi connectivity index (χ2v) is 6.18. The van der Waals surface area contributed by atoms with E-state index in [9.17, 15) is 13.5 Å². The summed E-state index contributed by atoms with van der Waals surface area (Å²) in [7, 11) is -3.77. The van der Waals surface area contributed by atoms with E-state index in [1.807, 2.05) is 6.07 Å². The summed E-state index contributed by atoms with van der Waals surface area (Å²) in [6.07, 6.45) is 0.0895. The molecule has 2 aromatic rings. The van der Waals surface area contributed by atoms with E-state index in [1.165, 1.54) is 28.6 Å². The summed E-state index contributed by atoms with van der Waals surface area (Å²) in [6.45, 7) is 0.0731. The van der Waals surface area contributed by atoms with Crippen molar-refractivity contribution < 1.29 is 13.5 Å². The Morgan fingerprint density at radius 3 is 2.24 bits per heavy atom. The molecule has 0 saturated heterocycles. The number of phenols is 1. The molecule has 0 heterocycles. The molecule has 0 fully saturated rings. The van der Waals surface area contributed by atoms with Crippen molar-refractivity contribution in [2.24, 2.45) is 0 Å². The van der Waals surface area contributed by atoms with Gasteiger partial charge in [0.05, 0.1) is 23.1 Å². The van der Waals surface area contributed by atoms with E-state index in [1.54, 1.807) is 30.3 Å². The lowest BCUT2D eigenvalue weighted by Gasteiger charge is -2.23. The number of para-hydroxylation sites is 1. The molecule has 0 bridgehead atoms. The third-order valence-corrected chi connectivity index (χ3v) is 4.74. The molecule has 2 rings (SSSR count). The van der Waals surface area contributed by atoms with Crippen LogP contribution in [-0.2, 0) is 10.0 Å². The van der Waals surface area contributed by atoms with E-state index in [0.717, 1.165) is 0 Å². The van der Waals surface area contributed by atoms with Gasteiger partial charge >= 0.3 is 0 Å². The van der Waals surface area contributed by atoms with Crippen LogP contribution in [0.5, 0.6) is 5.75 Å². The molecular formula is C15H14N2O3S. The summed E-state index contributed by atoms with van der Waals surface area (Å²) in [6, 6.07) is 15.9. The minimum atomic E-state index is -3.77. The Balaban J connectivity index is 2.45. The smallest absolute Gasteiger partial charge is 0.264 e. The van der Waals surface area contributed by atoms with Crippen LogP contribution in [0.2, 0.25) is 0 Å². The first-order valence-corrected chi connectivity index (χ1v) is 7.73. The van der Waals surface area contributed by atoms with Crippen molar-refractivity contribution in [3.8, 4) is 11.8 Å². The number of nitriles is 1. The molecule has 0 unspecified atom stereocenters. The molecule has 1 N–H and O–H groups in total. The zero-order valence-corrected chi connectivity index (χ0v) is 12.0. The molecule has 0 atom stereocenters. The van der Waals surface area contributed by atoms with Crippen LogP contribution in [0.4, 0.5) is 5.69 Å². The first-order chi connectivity index (χ1) is 10.1. The molecule has 0 spiro atoms. The van der Waals surface area contributed by atoms with Crippen LogP contribution < -0.4 is 4.31 Å². The second-order valence-electron chi connectivity index (χ2n) is 4.31. The van der Waals surface area contributed by atoms with Gasteiger partial charge in [-0.25, -0.2) is 8.42 Å². The topological polar surface area (TPSA) is 81.4 Å². The number of anilines is 1. The molecule has 6 heteroatoms. The molecule has 0 aliphatic heterocycles. The summed E-state index contributed by atoms with van der Waals surface area (Å²) >= 11 is 0. The van der Waals surface area contributed by atoms with E-state index >= 15 is 0 Å². The first-order valence-electron chi connectivity index (χ1n) is 6.29. The molecule has 0 radical (unpaired) electrons. The summed E-state index contributed by atoms with van der Waals surface area (Å²) in [5, 5.41) is 18.0. The molecule has 5 nitrogen and oxygen atoms in total. The van der Waals surface area contributed by atoms with Crippen molar-refractivity contribution in [2.75, 3.05) is 10.8 Å². The van der Waals surface area contributed by atoms with Crippen molar-refractivity contribution in [3.05, 3.63) is 54.6 Å². The maximum Gasteiger partial charge on any atom is 0.264 e. The average molecular weight is 302 g/mol. The standard InChI is InChI=1S/C15H14N2O3S/c16-11-4-12-17(13-5-2-1-3-6-13)21(19,20)15-9-7-14(18)8-10-15/h1-3,5-10,18H,4,12H2. The highest BCUT2D eigenvalue weighted by Crippen LogP contribution is 2.24. The normalized spacial score (nSPS) is 10.8. The third-order valence-electron chi connectivity index (χ3n) is 2.90. The Morgan fingerprint density at radius 1 is 1.05 bits per heavy atom. The lowest BCUT2D eigenvalue weighted by atomic mass is 10.3. The minimum Gasteiger partial charge on any atom is -0.508 e. The zero-order chi connectivity index (χ0) is 15.3. The Morgan fingerprint density at radius 2 is 1.67 bits per heavy atom. The van der Waals surface area contributed by atoms with Crippen molar-refractivity contribution in [1.82, 2.24) is 0 Å². The van der Waals surface area contributed by atoms with E-state index < -0.39 is 10.0 Å². The fourth-order valence-electron chi connectivity index (χ4n) is 1.88. The molecule has 21 heavy (non-hydrogen) atoms. The van der Waals surface area contributed by atoms with Gasteiger partial charge in [0.25, 0.3) is 10.0 Å². The van der Waals surface area contributed by atoms with Gasteiger partial charge in [-0.2, -0.15) is 5.26 Å². The minimum absolute atomic E-state index is 0.00256. The van der Waals surface area contributed by atoms with E-state index in [0.29, 0.717) is 5.69 Å². The highest BCUT2D eigenvalue weighted by molar-refractivity contribution is 7.92. The van der Waals surface area contributed by atoms with Crippen molar-refractivity contribution in [2.45, 2.75) is 11.3 Å². The Bertz CT molecular complexity index is 735. The van der Waals surface area contributed by atoms with Crippen LogP contribution >= 0.6 is 0 Å². The Hall–Kier alpha value is -2.52. The fraction of sp³-hybridized carbons (Fsp3) is 0.133. The number of hydrogen-bond acceptors (Lipinski definition) is 4. The SMILES string of the molecule is N#CCCN(c1ccccc1)S(=O)(=O)c1ccc(O)cc1. The Labute approximate surface area is 123 Å². The van der Waals surface area contributed by atoms with Gasteiger partial charge in [-0.15, -0.1) is 0 Å². The molecule has 0 aliphatic carbocycles. The highest BCUT2D eigenvalue weighted by atomic mass is 32.2. The van der Waals surface area contributed by atoms with Gasteiger partial charge in [0.1, 0.15) is 5.75 Å². The summed E-state index contributed by atoms with van der Waals surface area (Å²) < 4.78 is 26.6. The number of phenolic OH excluding ortho intramolecular Hbond substituents is 1. The van der Waals surface area contributed by atoms with E-state index in [-0.39, 0.29) is 23.6 Å². The molecule has 108 valence electrons. The molecule has 0 saturated carbocycles. The maximum atomic E-state index is 12.7. The third kappa shape index (κ3) is 3.33. The van der Waals surface area contributed by atoms with Crippen LogP contribution in [0, 0.1) is 11.3 Å². The van der Waals surface area contributed by atoms with Crippen molar-refractivity contribution in [1.29, 1.82) is 5.26 Å². The quantitative estimate of drug-likeness (QED) is 0.920. The summed E-state index contributed by atoms with van der Waals surface area (Å²) in [5.41, 5.74) is 0.501. The lowest BCUT2D eigenvalue weighted by Crippen LogP contribution is -2.31. The van der Waals surface area contributed by atoms with E-state index in [2.05, 4.69) is 0 Å². The van der Waals surface area contributed by atoms with Gasteiger partial charge in [-0.1, -0.05) is 18.2 Å². The predicted molar refractivity (Wildman–Crippen MR) is 79.3 cm³/mol. The first kappa shape index (κ1) is 14.9. The van der Waals surface area contributed by atoms with Gasteiger partial charge in [0.2, 0.25) is 0 Å². The van der Waals surface area contributed by atoms with E-state index in [4.69, 9.17) is 5.26 Å². The number of hydrogen-bond donors (Lipinski definition) is 1. The number of rotatable bonds is 5. The van der Waals surface area contributed by atoms with Crippen LogP contribution in [0.3, 0.4) is 0 Å². The Kier molecular flexibility index (Phi) is 4.45. The highest BCUT2D eigenvalue weighted by Gasteiger charge is 2.24. The fourth-order valence-corrected chi connectivity index (χ4v) is 3.34. The van der Waals surface area contributed by atoms with Crippen molar-refractivity contribution in [3.63, 3.8) is 0 Å². The maximum absolute atomic E-state index is 12.7. The molecular weight excluding hydrogens is 288 g/mol. The summed E-state index contributed by atoms with van der Waals surface area (Å²) in [4.78, 5) is 0.0714. The largest absolute Gasteiger partial charge is 0.508 e. The van der Waals surface area contributed by atoms with Crippen LogP contribution in [-0.4, -0.2) is 20.1 Å². The number of sulfonamides is 1. The summed E-state index contributed by atoms with van der Waals surface area (Å²) in [5.74, 6) is -0.00256. The predicted octanol–water partition coefficient (Wildman–Crippen LogP) is 2.50. The average Bonchev–Trinajstić information content (AvgIpc) is 2.49. The number of benzene rings is 2. The molecule has 0 amide bonds. The number of aromatic hydroxyl groups is 1. The van der Waals surface area contributed by atoms with Gasteiger partial charge in [-0.05, 0) is 36.4 Å². The van der Waals surface area contributed by atoms with Gasteiger partial charge < -0.3 is 5.11 Å². The lowest BCUT2D eigenvalue weighted by molar-refractivity contribution is 0.475.